The Bertz CT molecular complexity index is 173. The number of carbonyl (C=O) groups is 1. The zero-order valence-electron chi connectivity index (χ0n) is 9.29. The highest BCUT2D eigenvalue weighted by atomic mass is 32.2. The number of amides is 1. The van der Waals surface area contributed by atoms with Gasteiger partial charge in [0.1, 0.15) is 0 Å². The largest absolute Gasteiger partial charge is 0.330 e. The molecule has 1 amide bonds. The van der Waals surface area contributed by atoms with Crippen molar-refractivity contribution >= 4 is 17.7 Å². The van der Waals surface area contributed by atoms with E-state index in [4.69, 9.17) is 0 Å². The van der Waals surface area contributed by atoms with Gasteiger partial charge >= 0.3 is 0 Å². The number of hydrogen-bond acceptors (Lipinski definition) is 2. The Morgan fingerprint density at radius 1 is 1.43 bits per heavy atom. The first-order valence-electron chi connectivity index (χ1n) is 5.29. The lowest BCUT2D eigenvalue weighted by Gasteiger charge is -2.27. The summed E-state index contributed by atoms with van der Waals surface area (Å²) in [4.78, 5) is 13.2. The van der Waals surface area contributed by atoms with Crippen LogP contribution in [0, 0.1) is 0 Å². The molecule has 0 spiro atoms. The van der Waals surface area contributed by atoms with Crippen molar-refractivity contribution in [3.63, 3.8) is 0 Å². The molecular weight excluding hydrogens is 194 g/mol. The van der Waals surface area contributed by atoms with Crippen LogP contribution in [-0.2, 0) is 4.79 Å². The average molecular weight is 215 g/mol. The van der Waals surface area contributed by atoms with Crippen molar-refractivity contribution < 1.29 is 4.79 Å². The van der Waals surface area contributed by atoms with E-state index in [2.05, 4.69) is 13.2 Å². The average Bonchev–Trinajstić information content (AvgIpc) is 2.73. The topological polar surface area (TPSA) is 20.3 Å². The summed E-state index contributed by atoms with van der Waals surface area (Å²) < 4.78 is 0. The monoisotopic (exact) mass is 215 g/mol. The Hall–Kier alpha value is -0.440. The van der Waals surface area contributed by atoms with Crippen molar-refractivity contribution in [2.45, 2.75) is 38.5 Å². The predicted molar refractivity (Wildman–Crippen MR) is 64.4 cm³/mol. The molecule has 0 N–H and O–H groups in total. The molecule has 2 fully saturated rings. The van der Waals surface area contributed by atoms with Gasteiger partial charge in [-0.3, -0.25) is 4.79 Å². The first-order valence-corrected chi connectivity index (χ1v) is 6.34. The molecule has 3 heteroatoms. The van der Waals surface area contributed by atoms with E-state index >= 15 is 0 Å². The lowest BCUT2D eigenvalue weighted by Crippen LogP contribution is -2.37. The Labute approximate surface area is 91.7 Å². The van der Waals surface area contributed by atoms with Crippen molar-refractivity contribution in [3.8, 4) is 0 Å². The number of hydrogen-bond donors (Lipinski definition) is 0. The third kappa shape index (κ3) is 3.37. The fourth-order valence-electron chi connectivity index (χ4n) is 1.62. The third-order valence-corrected chi connectivity index (χ3v) is 3.45. The van der Waals surface area contributed by atoms with Crippen LogP contribution < -0.4 is 0 Å². The molecule has 0 saturated carbocycles. The predicted octanol–water partition coefficient (Wildman–Crippen LogP) is 2.90. The molecule has 82 valence electrons. The zero-order valence-corrected chi connectivity index (χ0v) is 10.1. The summed E-state index contributed by atoms with van der Waals surface area (Å²) in [6.07, 6.45) is 3.11. The van der Waals surface area contributed by atoms with Crippen LogP contribution in [0.4, 0.5) is 0 Å². The maximum absolute atomic E-state index is 11.2. The van der Waals surface area contributed by atoms with Gasteiger partial charge in [-0.25, -0.2) is 0 Å². The summed E-state index contributed by atoms with van der Waals surface area (Å²) in [7, 11) is 0. The molecule has 0 bridgehead atoms. The number of nitrogens with zero attached hydrogens (tertiary/aromatic N) is 1. The van der Waals surface area contributed by atoms with E-state index in [1.54, 1.807) is 0 Å². The minimum absolute atomic E-state index is 0.376. The van der Waals surface area contributed by atoms with Gasteiger partial charge in [0.15, 0.2) is 0 Å². The van der Waals surface area contributed by atoms with Crippen molar-refractivity contribution in [2.75, 3.05) is 12.3 Å². The van der Waals surface area contributed by atoms with Crippen molar-refractivity contribution in [1.82, 2.24) is 4.90 Å². The maximum atomic E-state index is 11.2. The van der Waals surface area contributed by atoms with Crippen LogP contribution >= 0.6 is 11.8 Å². The van der Waals surface area contributed by atoms with E-state index < -0.39 is 0 Å². The van der Waals surface area contributed by atoms with E-state index in [9.17, 15) is 4.79 Å². The first kappa shape index (κ1) is 13.6. The minimum atomic E-state index is 0.376. The molecule has 2 rings (SSSR count). The number of thioether (sulfide) groups is 1. The second-order valence-corrected chi connectivity index (χ2v) is 4.09. The fraction of sp³-hybridized carbons (Fsp3) is 0.727. The van der Waals surface area contributed by atoms with Gasteiger partial charge in [0.2, 0.25) is 5.91 Å². The lowest BCUT2D eigenvalue weighted by molar-refractivity contribution is -0.133. The van der Waals surface area contributed by atoms with Gasteiger partial charge in [0.05, 0.1) is 5.37 Å². The van der Waals surface area contributed by atoms with Gasteiger partial charge in [0, 0.05) is 18.7 Å². The van der Waals surface area contributed by atoms with E-state index in [1.165, 1.54) is 6.42 Å². The summed E-state index contributed by atoms with van der Waals surface area (Å²) in [5, 5.41) is 0.543. The Kier molecular flexibility index (Phi) is 7.67. The van der Waals surface area contributed by atoms with Crippen LogP contribution in [0.2, 0.25) is 0 Å². The second kappa shape index (κ2) is 7.92. The van der Waals surface area contributed by atoms with Crippen LogP contribution in [-0.4, -0.2) is 28.5 Å². The summed E-state index contributed by atoms with van der Waals surface area (Å²) in [5.41, 5.74) is 0. The van der Waals surface area contributed by atoms with Gasteiger partial charge in [-0.15, -0.1) is 24.9 Å². The molecule has 2 saturated heterocycles. The lowest BCUT2D eigenvalue weighted by atomic mass is 10.1. The zero-order chi connectivity index (χ0) is 11.0. The molecule has 14 heavy (non-hydrogen) atoms. The normalized spacial score (nSPS) is 24.0. The van der Waals surface area contributed by atoms with Crippen LogP contribution in [0.25, 0.3) is 0 Å². The van der Waals surface area contributed by atoms with Crippen molar-refractivity contribution in [3.05, 3.63) is 13.2 Å². The maximum Gasteiger partial charge on any atom is 0.223 e. The number of rotatable bonds is 0. The highest BCUT2D eigenvalue weighted by molar-refractivity contribution is 8.00. The highest BCUT2D eigenvalue weighted by Crippen LogP contribution is 2.31. The van der Waals surface area contributed by atoms with Crippen LogP contribution in [0.1, 0.15) is 33.1 Å². The molecule has 2 aliphatic rings. The van der Waals surface area contributed by atoms with Gasteiger partial charge in [-0.05, 0) is 12.8 Å². The van der Waals surface area contributed by atoms with E-state index in [1.807, 2.05) is 30.5 Å². The molecule has 0 aromatic rings. The molecular formula is C11H21NOS. The summed E-state index contributed by atoms with van der Waals surface area (Å²) in [6, 6.07) is 0. The summed E-state index contributed by atoms with van der Waals surface area (Å²) in [5.74, 6) is 1.53. The standard InChI is InChI=1S/C7H11NOS.C2H6.C2H4/c9-6-2-1-3-7-8(6)4-5-10-7;2*1-2/h7H,1-5H2;1-2H3;1-2H2. The molecule has 0 aliphatic carbocycles. The van der Waals surface area contributed by atoms with Crippen molar-refractivity contribution in [2.24, 2.45) is 0 Å². The number of carbonyl (C=O) groups excluding carboxylic acids is 1. The van der Waals surface area contributed by atoms with Gasteiger partial charge < -0.3 is 4.90 Å². The van der Waals surface area contributed by atoms with E-state index in [0.717, 1.165) is 25.1 Å². The fourth-order valence-corrected chi connectivity index (χ4v) is 2.93. The van der Waals surface area contributed by atoms with Gasteiger partial charge in [0.25, 0.3) is 0 Å². The summed E-state index contributed by atoms with van der Waals surface area (Å²) in [6.45, 7) is 11.0. The molecule has 0 aromatic carbocycles. The molecule has 2 heterocycles. The summed E-state index contributed by atoms with van der Waals surface area (Å²) >= 11 is 1.94. The van der Waals surface area contributed by atoms with Crippen molar-refractivity contribution in [1.29, 1.82) is 0 Å². The SMILES string of the molecule is C=C.CC.O=C1CCCC2SCCN12. The highest BCUT2D eigenvalue weighted by Gasteiger charge is 2.31. The van der Waals surface area contributed by atoms with Crippen LogP contribution in [0.5, 0.6) is 0 Å². The molecule has 1 unspecified atom stereocenters. The number of piperidine rings is 1. The van der Waals surface area contributed by atoms with E-state index in [0.29, 0.717) is 11.3 Å². The minimum Gasteiger partial charge on any atom is -0.330 e. The Morgan fingerprint density at radius 2 is 2.07 bits per heavy atom. The van der Waals surface area contributed by atoms with Crippen LogP contribution in [0.3, 0.4) is 0 Å². The molecule has 0 aromatic heterocycles. The quantitative estimate of drug-likeness (QED) is 0.579. The second-order valence-electron chi connectivity index (χ2n) is 2.80. The Morgan fingerprint density at radius 3 is 2.64 bits per heavy atom. The van der Waals surface area contributed by atoms with Gasteiger partial charge in [-0.1, -0.05) is 13.8 Å². The first-order chi connectivity index (χ1) is 6.88. The molecule has 2 aliphatic heterocycles. The molecule has 1 atom stereocenters. The van der Waals surface area contributed by atoms with Gasteiger partial charge in [-0.2, -0.15) is 0 Å². The Balaban J connectivity index is 0.000000379. The van der Waals surface area contributed by atoms with Crippen LogP contribution in [0.15, 0.2) is 13.2 Å². The van der Waals surface area contributed by atoms with E-state index in [-0.39, 0.29) is 0 Å². The smallest absolute Gasteiger partial charge is 0.223 e. The number of fused-ring (bicyclic) bond motifs is 1. The molecule has 2 nitrogen and oxygen atoms in total. The third-order valence-electron chi connectivity index (χ3n) is 2.15. The molecule has 0 radical (unpaired) electrons.